The van der Waals surface area contributed by atoms with Crippen LogP contribution in [0, 0.1) is 0 Å². The van der Waals surface area contributed by atoms with Gasteiger partial charge < -0.3 is 14.8 Å². The molecule has 33 heavy (non-hydrogen) atoms. The fraction of sp³-hybridized carbons (Fsp3) is 0.208. The predicted octanol–water partition coefficient (Wildman–Crippen LogP) is 4.19. The van der Waals surface area contributed by atoms with Crippen LogP contribution in [0.5, 0.6) is 5.75 Å². The summed E-state index contributed by atoms with van der Waals surface area (Å²) >= 11 is 6.14. The van der Waals surface area contributed by atoms with E-state index in [9.17, 15) is 13.2 Å². The zero-order chi connectivity index (χ0) is 23.3. The highest BCUT2D eigenvalue weighted by Gasteiger charge is 2.26. The van der Waals surface area contributed by atoms with Crippen molar-refractivity contribution in [3.8, 4) is 5.75 Å². The minimum absolute atomic E-state index is 0.154. The second-order valence-electron chi connectivity index (χ2n) is 7.40. The molecule has 0 aromatic heterocycles. The van der Waals surface area contributed by atoms with Crippen LogP contribution < -0.4 is 10.1 Å². The van der Waals surface area contributed by atoms with E-state index in [-0.39, 0.29) is 10.8 Å². The summed E-state index contributed by atoms with van der Waals surface area (Å²) < 4.78 is 37.8. The van der Waals surface area contributed by atoms with Crippen molar-refractivity contribution in [1.82, 2.24) is 4.31 Å². The van der Waals surface area contributed by atoms with E-state index in [0.29, 0.717) is 54.9 Å². The number of anilines is 1. The molecule has 7 nitrogen and oxygen atoms in total. The number of rotatable bonds is 7. The lowest BCUT2D eigenvalue weighted by Crippen LogP contribution is -2.40. The normalized spacial score (nSPS) is 14.6. The van der Waals surface area contributed by atoms with E-state index in [1.807, 2.05) is 24.3 Å². The van der Waals surface area contributed by atoms with Crippen molar-refractivity contribution in [2.45, 2.75) is 11.5 Å². The molecule has 9 heteroatoms. The topological polar surface area (TPSA) is 84.9 Å². The summed E-state index contributed by atoms with van der Waals surface area (Å²) in [5.74, 6) is 0.306. The molecular formula is C24H23ClN2O5S. The van der Waals surface area contributed by atoms with E-state index in [1.54, 1.807) is 24.3 Å². The van der Waals surface area contributed by atoms with E-state index < -0.39 is 10.0 Å². The number of benzene rings is 3. The number of hydrogen-bond donors (Lipinski definition) is 1. The van der Waals surface area contributed by atoms with Crippen molar-refractivity contribution in [3.05, 3.63) is 88.9 Å². The zero-order valence-corrected chi connectivity index (χ0v) is 19.3. The summed E-state index contributed by atoms with van der Waals surface area (Å²) in [5, 5.41) is 3.44. The van der Waals surface area contributed by atoms with Gasteiger partial charge in [0.2, 0.25) is 10.0 Å². The summed E-state index contributed by atoms with van der Waals surface area (Å²) in [4.78, 5) is 12.7. The Labute approximate surface area is 197 Å². The van der Waals surface area contributed by atoms with Gasteiger partial charge in [-0.15, -0.1) is 0 Å². The van der Waals surface area contributed by atoms with E-state index in [4.69, 9.17) is 21.1 Å². The second-order valence-corrected chi connectivity index (χ2v) is 9.74. The van der Waals surface area contributed by atoms with Crippen LogP contribution in [-0.2, 0) is 21.4 Å². The number of morpholine rings is 1. The number of carbonyl (C=O) groups excluding carboxylic acids is 1. The van der Waals surface area contributed by atoms with Crippen molar-refractivity contribution in [2.75, 3.05) is 31.6 Å². The van der Waals surface area contributed by atoms with Crippen molar-refractivity contribution < 1.29 is 22.7 Å². The van der Waals surface area contributed by atoms with Gasteiger partial charge in [-0.3, -0.25) is 4.79 Å². The average molecular weight is 487 g/mol. The van der Waals surface area contributed by atoms with Crippen molar-refractivity contribution >= 4 is 33.2 Å². The molecule has 1 amide bonds. The third-order valence-corrected chi connectivity index (χ3v) is 7.47. The fourth-order valence-corrected chi connectivity index (χ4v) is 4.93. The highest BCUT2D eigenvalue weighted by molar-refractivity contribution is 7.89. The standard InChI is InChI=1S/C24H23ClN2O5S/c25-23-4-2-1-3-19(23)17-32-21-9-7-20(8-10-21)26-24(28)18-5-11-22(12-6-18)33(29,30)27-13-15-31-16-14-27/h1-12H,13-17H2,(H,26,28). The van der Waals surface area contributed by atoms with Gasteiger partial charge in [0.15, 0.2) is 0 Å². The molecule has 1 saturated heterocycles. The van der Waals surface area contributed by atoms with Gasteiger partial charge in [0.05, 0.1) is 18.1 Å². The maximum Gasteiger partial charge on any atom is 0.255 e. The minimum atomic E-state index is -3.60. The molecule has 172 valence electrons. The lowest BCUT2D eigenvalue weighted by atomic mass is 10.2. The van der Waals surface area contributed by atoms with Crippen LogP contribution >= 0.6 is 11.6 Å². The number of hydrogen-bond acceptors (Lipinski definition) is 5. The molecule has 0 spiro atoms. The van der Waals surface area contributed by atoms with Crippen molar-refractivity contribution in [2.24, 2.45) is 0 Å². The van der Waals surface area contributed by atoms with Crippen molar-refractivity contribution in [1.29, 1.82) is 0 Å². The van der Waals surface area contributed by atoms with E-state index in [2.05, 4.69) is 5.32 Å². The van der Waals surface area contributed by atoms with E-state index >= 15 is 0 Å². The molecular weight excluding hydrogens is 464 g/mol. The summed E-state index contributed by atoms with van der Waals surface area (Å²) in [6, 6.07) is 20.3. The fourth-order valence-electron chi connectivity index (χ4n) is 3.33. The number of amides is 1. The summed E-state index contributed by atoms with van der Waals surface area (Å²) in [6.45, 7) is 1.74. The minimum Gasteiger partial charge on any atom is -0.489 e. The Morgan fingerprint density at radius 1 is 0.970 bits per heavy atom. The largest absolute Gasteiger partial charge is 0.489 e. The first-order chi connectivity index (χ1) is 15.9. The summed E-state index contributed by atoms with van der Waals surface area (Å²) in [5.41, 5.74) is 1.83. The zero-order valence-electron chi connectivity index (χ0n) is 17.7. The van der Waals surface area contributed by atoms with E-state index in [0.717, 1.165) is 5.56 Å². The third kappa shape index (κ3) is 5.72. The first-order valence-corrected chi connectivity index (χ1v) is 12.2. The molecule has 3 aromatic carbocycles. The molecule has 1 heterocycles. The van der Waals surface area contributed by atoms with Crippen LogP contribution in [0.25, 0.3) is 0 Å². The molecule has 0 unspecified atom stereocenters. The molecule has 4 rings (SSSR count). The molecule has 1 fully saturated rings. The average Bonchev–Trinajstić information content (AvgIpc) is 2.85. The Bertz CT molecular complexity index is 1210. The molecule has 0 bridgehead atoms. The molecule has 1 aliphatic heterocycles. The third-order valence-electron chi connectivity index (χ3n) is 5.19. The first-order valence-electron chi connectivity index (χ1n) is 10.4. The molecule has 3 aromatic rings. The SMILES string of the molecule is O=C(Nc1ccc(OCc2ccccc2Cl)cc1)c1ccc(S(=O)(=O)N2CCOCC2)cc1. The van der Waals surface area contributed by atoms with E-state index in [1.165, 1.54) is 28.6 Å². The van der Waals surface area contributed by atoms with Gasteiger partial charge in [0, 0.05) is 34.9 Å². The monoisotopic (exact) mass is 486 g/mol. The summed E-state index contributed by atoms with van der Waals surface area (Å²) in [6.07, 6.45) is 0. The van der Waals surface area contributed by atoms with Gasteiger partial charge in [0.1, 0.15) is 12.4 Å². The molecule has 1 N–H and O–H groups in total. The molecule has 0 aliphatic carbocycles. The molecule has 0 saturated carbocycles. The van der Waals surface area contributed by atoms with Crippen LogP contribution in [0.2, 0.25) is 5.02 Å². The second kappa shape index (κ2) is 10.4. The summed E-state index contributed by atoms with van der Waals surface area (Å²) in [7, 11) is -3.60. The van der Waals surface area contributed by atoms with Crippen LogP contribution in [0.1, 0.15) is 15.9 Å². The molecule has 1 aliphatic rings. The van der Waals surface area contributed by atoms with Gasteiger partial charge in [-0.05, 0) is 54.6 Å². The Kier molecular flexibility index (Phi) is 7.29. The van der Waals surface area contributed by atoms with Gasteiger partial charge >= 0.3 is 0 Å². The van der Waals surface area contributed by atoms with Crippen molar-refractivity contribution in [3.63, 3.8) is 0 Å². The number of ether oxygens (including phenoxy) is 2. The number of nitrogens with zero attached hydrogens (tertiary/aromatic N) is 1. The maximum atomic E-state index is 12.7. The number of carbonyl (C=O) groups is 1. The first kappa shape index (κ1) is 23.3. The molecule has 0 atom stereocenters. The smallest absolute Gasteiger partial charge is 0.255 e. The predicted molar refractivity (Wildman–Crippen MR) is 126 cm³/mol. The Morgan fingerprint density at radius 3 is 2.30 bits per heavy atom. The number of sulfonamides is 1. The van der Waals surface area contributed by atoms with Gasteiger partial charge in [0.25, 0.3) is 5.91 Å². The lowest BCUT2D eigenvalue weighted by molar-refractivity contribution is 0.0730. The highest BCUT2D eigenvalue weighted by Crippen LogP contribution is 2.21. The quantitative estimate of drug-likeness (QED) is 0.541. The number of nitrogens with one attached hydrogen (secondary N) is 1. The highest BCUT2D eigenvalue weighted by atomic mass is 35.5. The van der Waals surface area contributed by atoms with Gasteiger partial charge in [-0.1, -0.05) is 29.8 Å². The van der Waals surface area contributed by atoms with Crippen LogP contribution in [0.4, 0.5) is 5.69 Å². The Hall–Kier alpha value is -2.91. The Balaban J connectivity index is 1.35. The molecule has 0 radical (unpaired) electrons. The van der Waals surface area contributed by atoms with Crippen LogP contribution in [0.3, 0.4) is 0 Å². The Morgan fingerprint density at radius 2 is 1.64 bits per heavy atom. The van der Waals surface area contributed by atoms with Crippen LogP contribution in [-0.4, -0.2) is 44.9 Å². The maximum absolute atomic E-state index is 12.7. The van der Waals surface area contributed by atoms with Gasteiger partial charge in [-0.2, -0.15) is 4.31 Å². The van der Waals surface area contributed by atoms with Gasteiger partial charge in [-0.25, -0.2) is 8.42 Å². The van der Waals surface area contributed by atoms with Crippen LogP contribution in [0.15, 0.2) is 77.7 Å². The number of halogens is 1. The lowest BCUT2D eigenvalue weighted by Gasteiger charge is -2.26.